The SMILES string of the molecule is CC(C)(C)OC(=O)NCC1CCCC1Nc1cccc(Br)c1. The molecule has 5 heteroatoms. The van der Waals surface area contributed by atoms with E-state index >= 15 is 0 Å². The molecule has 22 heavy (non-hydrogen) atoms. The van der Waals surface area contributed by atoms with Crippen LogP contribution in [0.15, 0.2) is 28.7 Å². The predicted molar refractivity (Wildman–Crippen MR) is 93.1 cm³/mol. The van der Waals surface area contributed by atoms with Crippen molar-refractivity contribution < 1.29 is 9.53 Å². The van der Waals surface area contributed by atoms with Crippen LogP contribution in [0.2, 0.25) is 0 Å². The van der Waals surface area contributed by atoms with E-state index in [1.807, 2.05) is 32.9 Å². The van der Waals surface area contributed by atoms with Crippen LogP contribution in [0, 0.1) is 5.92 Å². The highest BCUT2D eigenvalue weighted by Crippen LogP contribution is 2.29. The number of amides is 1. The molecule has 0 spiro atoms. The fourth-order valence-corrected chi connectivity index (χ4v) is 3.19. The smallest absolute Gasteiger partial charge is 0.407 e. The maximum atomic E-state index is 11.8. The van der Waals surface area contributed by atoms with Crippen LogP contribution in [0.4, 0.5) is 10.5 Å². The highest BCUT2D eigenvalue weighted by molar-refractivity contribution is 9.10. The summed E-state index contributed by atoms with van der Waals surface area (Å²) in [6.45, 7) is 6.28. The summed E-state index contributed by atoms with van der Waals surface area (Å²) < 4.78 is 6.36. The Labute approximate surface area is 141 Å². The van der Waals surface area contributed by atoms with Gasteiger partial charge in [0.15, 0.2) is 0 Å². The first-order chi connectivity index (χ1) is 10.3. The number of hydrogen-bond donors (Lipinski definition) is 2. The third kappa shape index (κ3) is 5.52. The number of hydrogen-bond acceptors (Lipinski definition) is 3. The number of halogens is 1. The van der Waals surface area contributed by atoms with Crippen LogP contribution in [0.5, 0.6) is 0 Å². The number of nitrogens with one attached hydrogen (secondary N) is 2. The minimum absolute atomic E-state index is 0.333. The summed E-state index contributed by atoms with van der Waals surface area (Å²) in [4.78, 5) is 11.8. The average Bonchev–Trinajstić information content (AvgIpc) is 2.82. The number of alkyl carbamates (subject to hydrolysis) is 1. The molecule has 1 fully saturated rings. The quantitative estimate of drug-likeness (QED) is 0.818. The van der Waals surface area contributed by atoms with Gasteiger partial charge in [-0.1, -0.05) is 28.4 Å². The van der Waals surface area contributed by atoms with Gasteiger partial charge in [0.1, 0.15) is 5.60 Å². The summed E-state index contributed by atoms with van der Waals surface area (Å²) in [6, 6.07) is 8.58. The molecule has 1 aliphatic rings. The average molecular weight is 369 g/mol. The van der Waals surface area contributed by atoms with Crippen molar-refractivity contribution in [2.24, 2.45) is 5.92 Å². The van der Waals surface area contributed by atoms with E-state index < -0.39 is 5.60 Å². The van der Waals surface area contributed by atoms with E-state index in [0.29, 0.717) is 18.5 Å². The van der Waals surface area contributed by atoms with Gasteiger partial charge in [0.05, 0.1) is 0 Å². The van der Waals surface area contributed by atoms with Crippen molar-refractivity contribution in [3.63, 3.8) is 0 Å². The lowest BCUT2D eigenvalue weighted by Gasteiger charge is -2.24. The summed E-state index contributed by atoms with van der Waals surface area (Å²) in [5, 5.41) is 6.48. The van der Waals surface area contributed by atoms with E-state index in [0.717, 1.165) is 23.0 Å². The van der Waals surface area contributed by atoms with Gasteiger partial charge < -0.3 is 15.4 Å². The van der Waals surface area contributed by atoms with Crippen LogP contribution in [-0.4, -0.2) is 24.3 Å². The zero-order chi connectivity index (χ0) is 16.2. The molecule has 2 unspecified atom stereocenters. The molecule has 0 aromatic heterocycles. The highest BCUT2D eigenvalue weighted by Gasteiger charge is 2.28. The van der Waals surface area contributed by atoms with Crippen molar-refractivity contribution in [3.05, 3.63) is 28.7 Å². The first-order valence-electron chi connectivity index (χ1n) is 7.82. The zero-order valence-corrected chi connectivity index (χ0v) is 15.1. The van der Waals surface area contributed by atoms with Crippen LogP contribution in [-0.2, 0) is 4.74 Å². The van der Waals surface area contributed by atoms with Gasteiger partial charge in [0, 0.05) is 22.7 Å². The van der Waals surface area contributed by atoms with E-state index in [9.17, 15) is 4.79 Å². The molecule has 0 saturated heterocycles. The van der Waals surface area contributed by atoms with E-state index in [1.54, 1.807) is 0 Å². The Bertz CT molecular complexity index is 514. The summed E-state index contributed by atoms with van der Waals surface area (Å²) >= 11 is 3.49. The Morgan fingerprint density at radius 2 is 2.14 bits per heavy atom. The highest BCUT2D eigenvalue weighted by atomic mass is 79.9. The van der Waals surface area contributed by atoms with Crippen LogP contribution < -0.4 is 10.6 Å². The second-order valence-electron chi connectivity index (χ2n) is 6.83. The number of carbonyl (C=O) groups excluding carboxylic acids is 1. The number of benzene rings is 1. The summed E-state index contributed by atoms with van der Waals surface area (Å²) in [6.07, 6.45) is 3.11. The minimum atomic E-state index is -0.451. The fourth-order valence-electron chi connectivity index (χ4n) is 2.79. The van der Waals surface area contributed by atoms with Crippen LogP contribution in [0.1, 0.15) is 40.0 Å². The van der Waals surface area contributed by atoms with Gasteiger partial charge in [-0.3, -0.25) is 0 Å². The first kappa shape index (κ1) is 17.1. The molecule has 0 heterocycles. The predicted octanol–water partition coefficient (Wildman–Crippen LogP) is 4.55. The van der Waals surface area contributed by atoms with Gasteiger partial charge >= 0.3 is 6.09 Å². The molecule has 122 valence electrons. The van der Waals surface area contributed by atoms with Gasteiger partial charge in [0.25, 0.3) is 0 Å². The second-order valence-corrected chi connectivity index (χ2v) is 7.75. The Morgan fingerprint density at radius 3 is 2.82 bits per heavy atom. The molecule has 0 aliphatic heterocycles. The van der Waals surface area contributed by atoms with Crippen LogP contribution in [0.25, 0.3) is 0 Å². The summed E-state index contributed by atoms with van der Waals surface area (Å²) in [5.74, 6) is 0.437. The molecule has 1 aromatic carbocycles. The van der Waals surface area contributed by atoms with Crippen molar-refractivity contribution in [2.75, 3.05) is 11.9 Å². The van der Waals surface area contributed by atoms with Gasteiger partial charge in [-0.05, 0) is 57.7 Å². The standard InChI is InChI=1S/C17H25BrN2O2/c1-17(2,3)22-16(21)19-11-12-6-4-9-15(12)20-14-8-5-7-13(18)10-14/h5,7-8,10,12,15,20H,4,6,9,11H2,1-3H3,(H,19,21). The van der Waals surface area contributed by atoms with E-state index in [2.05, 4.69) is 38.7 Å². The Balaban J connectivity index is 1.84. The Morgan fingerprint density at radius 1 is 1.36 bits per heavy atom. The van der Waals surface area contributed by atoms with Crippen molar-refractivity contribution >= 4 is 27.7 Å². The molecule has 0 bridgehead atoms. The molecule has 1 aliphatic carbocycles. The lowest BCUT2D eigenvalue weighted by atomic mass is 10.0. The van der Waals surface area contributed by atoms with E-state index in [-0.39, 0.29) is 6.09 Å². The molecule has 2 rings (SSSR count). The zero-order valence-electron chi connectivity index (χ0n) is 13.5. The van der Waals surface area contributed by atoms with Gasteiger partial charge in [-0.25, -0.2) is 4.79 Å². The molecule has 2 N–H and O–H groups in total. The molecule has 0 radical (unpaired) electrons. The third-order valence-corrected chi connectivity index (χ3v) is 4.24. The van der Waals surface area contributed by atoms with Crippen LogP contribution in [0.3, 0.4) is 0 Å². The number of ether oxygens (including phenoxy) is 1. The third-order valence-electron chi connectivity index (χ3n) is 3.74. The first-order valence-corrected chi connectivity index (χ1v) is 8.62. The monoisotopic (exact) mass is 368 g/mol. The van der Waals surface area contributed by atoms with Crippen molar-refractivity contribution in [1.82, 2.24) is 5.32 Å². The largest absolute Gasteiger partial charge is 0.444 e. The fraction of sp³-hybridized carbons (Fsp3) is 0.588. The molecule has 1 aromatic rings. The Hall–Kier alpha value is -1.23. The number of carbonyl (C=O) groups is 1. The normalized spacial score (nSPS) is 21.5. The van der Waals surface area contributed by atoms with Gasteiger partial charge in [0.2, 0.25) is 0 Å². The number of anilines is 1. The Kier molecular flexibility index (Phi) is 5.73. The van der Waals surface area contributed by atoms with Crippen LogP contribution >= 0.6 is 15.9 Å². The molecular formula is C17H25BrN2O2. The van der Waals surface area contributed by atoms with E-state index in [1.165, 1.54) is 6.42 Å². The molecule has 1 saturated carbocycles. The van der Waals surface area contributed by atoms with Gasteiger partial charge in [-0.15, -0.1) is 0 Å². The van der Waals surface area contributed by atoms with E-state index in [4.69, 9.17) is 4.74 Å². The number of rotatable bonds is 4. The van der Waals surface area contributed by atoms with Crippen molar-refractivity contribution in [3.8, 4) is 0 Å². The maximum Gasteiger partial charge on any atom is 0.407 e. The summed E-state index contributed by atoms with van der Waals surface area (Å²) in [7, 11) is 0. The molecular weight excluding hydrogens is 344 g/mol. The lowest BCUT2D eigenvalue weighted by molar-refractivity contribution is 0.0519. The second kappa shape index (κ2) is 7.36. The molecule has 1 amide bonds. The topological polar surface area (TPSA) is 50.4 Å². The van der Waals surface area contributed by atoms with Gasteiger partial charge in [-0.2, -0.15) is 0 Å². The lowest BCUT2D eigenvalue weighted by Crippen LogP contribution is -2.38. The molecule has 2 atom stereocenters. The molecule has 4 nitrogen and oxygen atoms in total. The van der Waals surface area contributed by atoms with Crippen molar-refractivity contribution in [2.45, 2.75) is 51.7 Å². The minimum Gasteiger partial charge on any atom is -0.444 e. The summed E-state index contributed by atoms with van der Waals surface area (Å²) in [5.41, 5.74) is 0.664. The maximum absolute atomic E-state index is 11.8. The van der Waals surface area contributed by atoms with Crippen molar-refractivity contribution in [1.29, 1.82) is 0 Å².